The molecule has 2 heterocycles. The van der Waals surface area contributed by atoms with Crippen LogP contribution in [0.25, 0.3) is 0 Å². The molecule has 0 aromatic rings. The van der Waals surface area contributed by atoms with Gasteiger partial charge >= 0.3 is 0 Å². The molecule has 0 aromatic carbocycles. The van der Waals surface area contributed by atoms with Crippen molar-refractivity contribution in [2.45, 2.75) is 89.1 Å². The molecule has 0 bridgehead atoms. The second-order valence-electron chi connectivity index (χ2n) is 11.2. The number of allylic oxidation sites excluding steroid dienone is 1. The van der Waals surface area contributed by atoms with Crippen molar-refractivity contribution >= 4 is 5.78 Å². The number of carbonyl (C=O) groups is 1. The van der Waals surface area contributed by atoms with Crippen LogP contribution in [0, 0.1) is 22.7 Å². The van der Waals surface area contributed by atoms with E-state index in [0.717, 1.165) is 64.6 Å². The molecule has 0 radical (unpaired) electrons. The van der Waals surface area contributed by atoms with E-state index in [0.29, 0.717) is 17.6 Å². The molecule has 5 fully saturated rings. The zero-order valence-electron chi connectivity index (χ0n) is 16.9. The van der Waals surface area contributed by atoms with Crippen molar-refractivity contribution in [3.05, 3.63) is 11.6 Å². The standard InChI is InChI=1S/C23H32O4/c1-19(2)13-25-22(26-14-19)10-11-23-17-7-8-20(3)16(4-5-18(20)24)15(17)6-9-21(23,12-22)27-23/h7,15-16H,4-6,8-14H2,1-3H3/t15-,16-,20-,21-,23-/m0/s1. The molecule has 0 unspecified atom stereocenters. The zero-order chi connectivity index (χ0) is 18.7. The maximum Gasteiger partial charge on any atom is 0.171 e. The highest BCUT2D eigenvalue weighted by molar-refractivity contribution is 5.87. The minimum Gasteiger partial charge on any atom is -0.358 e. The predicted octanol–water partition coefficient (Wildman–Crippen LogP) is 4.17. The monoisotopic (exact) mass is 372 g/mol. The van der Waals surface area contributed by atoms with Crippen LogP contribution in [0.5, 0.6) is 0 Å². The number of epoxide rings is 1. The average molecular weight is 373 g/mol. The first-order valence-electron chi connectivity index (χ1n) is 11.0. The van der Waals surface area contributed by atoms with Gasteiger partial charge in [0.15, 0.2) is 5.79 Å². The predicted molar refractivity (Wildman–Crippen MR) is 100 cm³/mol. The van der Waals surface area contributed by atoms with E-state index in [9.17, 15) is 4.79 Å². The first-order chi connectivity index (χ1) is 12.7. The first-order valence-corrected chi connectivity index (χ1v) is 11.0. The summed E-state index contributed by atoms with van der Waals surface area (Å²) in [5.74, 6) is 1.13. The number of hydrogen-bond donors (Lipinski definition) is 0. The molecule has 0 amide bonds. The Morgan fingerprint density at radius 1 is 1.04 bits per heavy atom. The van der Waals surface area contributed by atoms with Gasteiger partial charge in [-0.2, -0.15) is 0 Å². The average Bonchev–Trinajstić information content (AvgIpc) is 3.23. The molecule has 5 atom stereocenters. The summed E-state index contributed by atoms with van der Waals surface area (Å²) >= 11 is 0. The molecule has 2 aliphatic heterocycles. The van der Waals surface area contributed by atoms with Crippen LogP contribution < -0.4 is 0 Å². The van der Waals surface area contributed by atoms with E-state index in [4.69, 9.17) is 14.2 Å². The Balaban J connectivity index is 1.29. The Hall–Kier alpha value is -0.710. The third kappa shape index (κ3) is 2.03. The van der Waals surface area contributed by atoms with Gasteiger partial charge in [0, 0.05) is 30.1 Å². The van der Waals surface area contributed by atoms with Crippen molar-refractivity contribution < 1.29 is 19.0 Å². The van der Waals surface area contributed by atoms with Crippen LogP contribution in [0.2, 0.25) is 0 Å². The summed E-state index contributed by atoms with van der Waals surface area (Å²) in [5, 5.41) is 0. The van der Waals surface area contributed by atoms with Crippen LogP contribution in [-0.4, -0.2) is 36.0 Å². The van der Waals surface area contributed by atoms with Crippen molar-refractivity contribution in [1.29, 1.82) is 0 Å². The zero-order valence-corrected chi connectivity index (χ0v) is 16.9. The highest BCUT2D eigenvalue weighted by atomic mass is 16.7. The van der Waals surface area contributed by atoms with E-state index in [-0.39, 0.29) is 22.0 Å². The number of ketones is 1. The summed E-state index contributed by atoms with van der Waals surface area (Å²) < 4.78 is 19.3. The van der Waals surface area contributed by atoms with Crippen LogP contribution in [-0.2, 0) is 19.0 Å². The second kappa shape index (κ2) is 4.88. The summed E-state index contributed by atoms with van der Waals surface area (Å²) in [4.78, 5) is 12.5. The fourth-order valence-corrected chi connectivity index (χ4v) is 7.35. The Kier molecular flexibility index (Phi) is 3.10. The molecule has 27 heavy (non-hydrogen) atoms. The summed E-state index contributed by atoms with van der Waals surface area (Å²) in [6.07, 6.45) is 10.2. The molecular weight excluding hydrogens is 340 g/mol. The molecule has 6 aliphatic rings. The molecule has 1 spiro atoms. The van der Waals surface area contributed by atoms with E-state index in [2.05, 4.69) is 26.8 Å². The van der Waals surface area contributed by atoms with E-state index >= 15 is 0 Å². The van der Waals surface area contributed by atoms with E-state index in [1.807, 2.05) is 0 Å². The van der Waals surface area contributed by atoms with Crippen molar-refractivity contribution in [3.63, 3.8) is 0 Å². The fraction of sp³-hybridized carbons (Fsp3) is 0.870. The summed E-state index contributed by atoms with van der Waals surface area (Å²) in [6, 6.07) is 0. The number of rotatable bonds is 0. The smallest absolute Gasteiger partial charge is 0.171 e. The lowest BCUT2D eigenvalue weighted by Crippen LogP contribution is -2.56. The van der Waals surface area contributed by atoms with Gasteiger partial charge in [0.05, 0.1) is 13.2 Å². The van der Waals surface area contributed by atoms with Gasteiger partial charge in [-0.1, -0.05) is 26.8 Å². The van der Waals surface area contributed by atoms with Gasteiger partial charge in [-0.25, -0.2) is 0 Å². The molecule has 0 N–H and O–H groups in total. The molecule has 4 nitrogen and oxygen atoms in total. The van der Waals surface area contributed by atoms with Crippen LogP contribution in [0.3, 0.4) is 0 Å². The lowest BCUT2D eigenvalue weighted by molar-refractivity contribution is -0.313. The topological polar surface area (TPSA) is 48.1 Å². The molecule has 148 valence electrons. The number of hydrogen-bond acceptors (Lipinski definition) is 4. The number of Topliss-reactive ketones (excluding diaryl/α,β-unsaturated/α-hetero) is 1. The Morgan fingerprint density at radius 3 is 2.59 bits per heavy atom. The second-order valence-corrected chi connectivity index (χ2v) is 11.2. The minimum absolute atomic E-state index is 0.0756. The van der Waals surface area contributed by atoms with Gasteiger partial charge in [-0.15, -0.1) is 0 Å². The highest BCUT2D eigenvalue weighted by Crippen LogP contribution is 2.73. The lowest BCUT2D eigenvalue weighted by Gasteiger charge is -2.51. The van der Waals surface area contributed by atoms with Crippen LogP contribution in [0.4, 0.5) is 0 Å². The van der Waals surface area contributed by atoms with Gasteiger partial charge in [-0.05, 0) is 49.5 Å². The molecule has 4 aliphatic carbocycles. The van der Waals surface area contributed by atoms with E-state index < -0.39 is 5.79 Å². The summed E-state index contributed by atoms with van der Waals surface area (Å²) in [7, 11) is 0. The summed E-state index contributed by atoms with van der Waals surface area (Å²) in [5.41, 5.74) is 1.37. The van der Waals surface area contributed by atoms with Gasteiger partial charge < -0.3 is 14.2 Å². The summed E-state index contributed by atoms with van der Waals surface area (Å²) in [6.45, 7) is 8.16. The lowest BCUT2D eigenvalue weighted by atomic mass is 9.54. The van der Waals surface area contributed by atoms with E-state index in [1.165, 1.54) is 5.57 Å². The third-order valence-electron chi connectivity index (χ3n) is 9.02. The first kappa shape index (κ1) is 17.2. The maximum atomic E-state index is 12.5. The van der Waals surface area contributed by atoms with Crippen molar-refractivity contribution in [2.75, 3.05) is 13.2 Å². The Bertz CT molecular complexity index is 743. The largest absolute Gasteiger partial charge is 0.358 e. The minimum atomic E-state index is -0.435. The number of carbonyl (C=O) groups excluding carboxylic acids is 1. The number of ether oxygens (including phenoxy) is 3. The fourth-order valence-electron chi connectivity index (χ4n) is 7.35. The maximum absolute atomic E-state index is 12.5. The molecule has 0 aromatic heterocycles. The van der Waals surface area contributed by atoms with Gasteiger partial charge in [-0.3, -0.25) is 4.79 Å². The third-order valence-corrected chi connectivity index (χ3v) is 9.02. The molecule has 6 rings (SSSR count). The van der Waals surface area contributed by atoms with Crippen LogP contribution >= 0.6 is 0 Å². The van der Waals surface area contributed by atoms with Gasteiger partial charge in [0.25, 0.3) is 0 Å². The highest BCUT2D eigenvalue weighted by Gasteiger charge is 2.79. The molecule has 4 heteroatoms. The Morgan fingerprint density at radius 2 is 1.81 bits per heavy atom. The van der Waals surface area contributed by atoms with Crippen molar-refractivity contribution in [1.82, 2.24) is 0 Å². The van der Waals surface area contributed by atoms with Gasteiger partial charge in [0.1, 0.15) is 17.0 Å². The SMILES string of the molecule is CC1(C)COC2(CC[C@@]34O[C@@]3(CC[C@@H]3C4=CC[C@]4(C)C(=O)CC[C@@H]34)C2)OC1. The normalized spacial score (nSPS) is 51.7. The quantitative estimate of drug-likeness (QED) is 0.473. The molecule has 3 saturated carbocycles. The number of fused-ring (bicyclic) bond motifs is 3. The molecule has 2 saturated heterocycles. The Labute approximate surface area is 162 Å². The van der Waals surface area contributed by atoms with Crippen LogP contribution in [0.1, 0.15) is 72.1 Å². The van der Waals surface area contributed by atoms with Crippen molar-refractivity contribution in [2.24, 2.45) is 22.7 Å². The van der Waals surface area contributed by atoms with Gasteiger partial charge in [0.2, 0.25) is 0 Å². The molecular formula is C23H32O4. The van der Waals surface area contributed by atoms with Crippen molar-refractivity contribution in [3.8, 4) is 0 Å². The van der Waals surface area contributed by atoms with Crippen LogP contribution in [0.15, 0.2) is 11.6 Å². The van der Waals surface area contributed by atoms with E-state index in [1.54, 1.807) is 0 Å².